The highest BCUT2D eigenvalue weighted by atomic mass is 35.5. The molecule has 120 valence electrons. The molecule has 0 aromatic carbocycles. The van der Waals surface area contributed by atoms with E-state index in [1.807, 2.05) is 0 Å². The molecule has 0 aliphatic heterocycles. The minimum Gasteiger partial charge on any atom is -0.321 e. The van der Waals surface area contributed by atoms with Gasteiger partial charge < -0.3 is 5.32 Å². The number of aryl methyl sites for hydroxylation is 1. The molecule has 0 radical (unpaired) electrons. The van der Waals surface area contributed by atoms with Gasteiger partial charge in [-0.1, -0.05) is 11.6 Å². The zero-order valence-electron chi connectivity index (χ0n) is 12.6. The van der Waals surface area contributed by atoms with E-state index in [0.29, 0.717) is 11.4 Å². The van der Waals surface area contributed by atoms with Crippen LogP contribution in [-0.2, 0) is 11.8 Å². The number of carbonyl (C=O) groups excluding carboxylic acids is 1. The quantitative estimate of drug-likeness (QED) is 0.936. The number of nitrogens with one attached hydrogen (secondary N) is 1. The molecule has 0 fully saturated rings. The van der Waals surface area contributed by atoms with Crippen LogP contribution in [0, 0.1) is 13.8 Å². The Morgan fingerprint density at radius 3 is 2.45 bits per heavy atom. The molecule has 0 aliphatic carbocycles. The summed E-state index contributed by atoms with van der Waals surface area (Å²) in [4.78, 5) is 12.3. The summed E-state index contributed by atoms with van der Waals surface area (Å²) < 4.78 is 28.4. The lowest BCUT2D eigenvalue weighted by molar-refractivity contribution is -0.119. The fraction of sp³-hybridized carbons (Fsp3) is 0.462. The summed E-state index contributed by atoms with van der Waals surface area (Å²) in [5.74, 6) is -0.390. The second kappa shape index (κ2) is 6.04. The Labute approximate surface area is 131 Å². The highest BCUT2D eigenvalue weighted by Crippen LogP contribution is 2.30. The van der Waals surface area contributed by atoms with Gasteiger partial charge in [0.2, 0.25) is 5.91 Å². The van der Waals surface area contributed by atoms with Gasteiger partial charge in [-0.25, -0.2) is 8.78 Å². The predicted molar refractivity (Wildman–Crippen MR) is 78.2 cm³/mol. The predicted octanol–water partition coefficient (Wildman–Crippen LogP) is 3.02. The van der Waals surface area contributed by atoms with Crippen molar-refractivity contribution in [2.24, 2.45) is 7.05 Å². The summed E-state index contributed by atoms with van der Waals surface area (Å²) in [6.45, 7) is 4.91. The maximum Gasteiger partial charge on any atom is 0.283 e. The minimum atomic E-state index is -2.79. The third-order valence-corrected chi connectivity index (χ3v) is 4.01. The van der Waals surface area contributed by atoms with E-state index in [1.165, 1.54) is 10.9 Å². The van der Waals surface area contributed by atoms with E-state index >= 15 is 0 Å². The molecule has 6 nitrogen and oxygen atoms in total. The number of aromatic nitrogens is 4. The second-order valence-electron chi connectivity index (χ2n) is 4.96. The van der Waals surface area contributed by atoms with Gasteiger partial charge in [-0.05, 0) is 20.8 Å². The van der Waals surface area contributed by atoms with E-state index < -0.39 is 18.2 Å². The summed E-state index contributed by atoms with van der Waals surface area (Å²) >= 11 is 5.84. The first kappa shape index (κ1) is 16.4. The summed E-state index contributed by atoms with van der Waals surface area (Å²) in [7, 11) is 1.75. The second-order valence-corrected chi connectivity index (χ2v) is 5.34. The minimum absolute atomic E-state index is 0.118. The van der Waals surface area contributed by atoms with Crippen LogP contribution in [-0.4, -0.2) is 25.5 Å². The lowest BCUT2D eigenvalue weighted by Gasteiger charge is -2.14. The Kier molecular flexibility index (Phi) is 4.50. The first-order chi connectivity index (χ1) is 10.2. The molecule has 2 rings (SSSR count). The first-order valence-corrected chi connectivity index (χ1v) is 6.94. The molecule has 2 aromatic rings. The number of rotatable bonds is 4. The Balaban J connectivity index is 2.24. The first-order valence-electron chi connectivity index (χ1n) is 6.56. The smallest absolute Gasteiger partial charge is 0.283 e. The number of hydrogen-bond donors (Lipinski definition) is 1. The molecule has 0 spiro atoms. The van der Waals surface area contributed by atoms with Crippen LogP contribution in [0.25, 0.3) is 0 Å². The molecule has 22 heavy (non-hydrogen) atoms. The average Bonchev–Trinajstić information content (AvgIpc) is 2.93. The molecule has 0 aliphatic rings. The fourth-order valence-electron chi connectivity index (χ4n) is 2.01. The number of nitrogens with zero attached hydrogens (tertiary/aromatic N) is 4. The van der Waals surface area contributed by atoms with Gasteiger partial charge >= 0.3 is 0 Å². The third-order valence-electron chi connectivity index (χ3n) is 3.55. The largest absolute Gasteiger partial charge is 0.321 e. The van der Waals surface area contributed by atoms with Crippen molar-refractivity contribution < 1.29 is 13.6 Å². The Bertz CT molecular complexity index is 710. The lowest BCUT2D eigenvalue weighted by Crippen LogP contribution is -2.25. The highest BCUT2D eigenvalue weighted by Gasteiger charge is 2.26. The van der Waals surface area contributed by atoms with Crippen LogP contribution in [0.4, 0.5) is 14.5 Å². The summed E-state index contributed by atoms with van der Waals surface area (Å²) in [6.07, 6.45) is -1.27. The van der Waals surface area contributed by atoms with E-state index in [9.17, 15) is 13.6 Å². The van der Waals surface area contributed by atoms with Crippen molar-refractivity contribution in [3.05, 3.63) is 28.3 Å². The summed E-state index contributed by atoms with van der Waals surface area (Å²) in [5, 5.41) is 10.4. The van der Waals surface area contributed by atoms with Crippen molar-refractivity contribution in [1.82, 2.24) is 19.6 Å². The van der Waals surface area contributed by atoms with Crippen molar-refractivity contribution in [1.29, 1.82) is 0 Å². The van der Waals surface area contributed by atoms with Gasteiger partial charge in [-0.15, -0.1) is 0 Å². The van der Waals surface area contributed by atoms with Crippen LogP contribution in [0.2, 0.25) is 5.02 Å². The molecule has 1 amide bonds. The number of halogens is 3. The zero-order chi connectivity index (χ0) is 16.6. The molecule has 9 heteroatoms. The van der Waals surface area contributed by atoms with E-state index in [2.05, 4.69) is 15.5 Å². The van der Waals surface area contributed by atoms with Crippen molar-refractivity contribution in [2.75, 3.05) is 5.32 Å². The summed E-state index contributed by atoms with van der Waals surface area (Å²) in [5.41, 5.74) is 1.15. The van der Waals surface area contributed by atoms with Crippen LogP contribution < -0.4 is 5.32 Å². The molecule has 0 saturated heterocycles. The lowest BCUT2D eigenvalue weighted by atomic mass is 10.3. The molecule has 0 unspecified atom stereocenters. The molecular formula is C13H16ClF2N5O. The number of anilines is 1. The van der Waals surface area contributed by atoms with Crippen LogP contribution in [0.1, 0.15) is 36.5 Å². The van der Waals surface area contributed by atoms with Crippen LogP contribution in [0.15, 0.2) is 6.20 Å². The van der Waals surface area contributed by atoms with Crippen LogP contribution >= 0.6 is 11.6 Å². The third kappa shape index (κ3) is 2.83. The molecule has 2 heterocycles. The van der Waals surface area contributed by atoms with Crippen LogP contribution in [0.3, 0.4) is 0 Å². The number of alkyl halides is 2. The van der Waals surface area contributed by atoms with E-state index in [0.717, 1.165) is 5.69 Å². The average molecular weight is 332 g/mol. The number of hydrogen-bond acceptors (Lipinski definition) is 3. The van der Waals surface area contributed by atoms with Gasteiger partial charge in [-0.2, -0.15) is 10.2 Å². The topological polar surface area (TPSA) is 64.7 Å². The normalized spacial score (nSPS) is 12.7. The SMILES string of the molecule is Cc1c(NC(=O)[C@H](C)n2nc(C(F)F)c(Cl)c2C)cnn1C. The molecule has 1 atom stereocenters. The van der Waals surface area contributed by atoms with E-state index in [1.54, 1.807) is 32.5 Å². The Morgan fingerprint density at radius 1 is 1.36 bits per heavy atom. The van der Waals surface area contributed by atoms with Gasteiger partial charge in [0.05, 0.1) is 28.3 Å². The van der Waals surface area contributed by atoms with Crippen molar-refractivity contribution in [2.45, 2.75) is 33.2 Å². The van der Waals surface area contributed by atoms with Gasteiger partial charge in [0.15, 0.2) is 0 Å². The van der Waals surface area contributed by atoms with Crippen molar-refractivity contribution in [3.63, 3.8) is 0 Å². The maximum absolute atomic E-state index is 12.8. The molecule has 2 aromatic heterocycles. The van der Waals surface area contributed by atoms with E-state index in [-0.39, 0.29) is 10.9 Å². The van der Waals surface area contributed by atoms with Crippen molar-refractivity contribution in [3.8, 4) is 0 Å². The number of amides is 1. The fourth-order valence-corrected chi connectivity index (χ4v) is 2.21. The molecular weight excluding hydrogens is 316 g/mol. The van der Waals surface area contributed by atoms with Crippen LogP contribution in [0.5, 0.6) is 0 Å². The Morgan fingerprint density at radius 2 is 2.00 bits per heavy atom. The Hall–Kier alpha value is -1.96. The summed E-state index contributed by atoms with van der Waals surface area (Å²) in [6, 6.07) is -0.787. The van der Waals surface area contributed by atoms with E-state index in [4.69, 9.17) is 11.6 Å². The standard InChI is InChI=1S/C13H16ClF2N5O/c1-6-9(5-17-20(6)4)18-13(22)8(3)21-7(2)10(14)11(19-21)12(15)16/h5,8,12H,1-4H3,(H,18,22)/t8-/m0/s1. The monoisotopic (exact) mass is 331 g/mol. The van der Waals surface area contributed by atoms with Crippen molar-refractivity contribution >= 4 is 23.2 Å². The zero-order valence-corrected chi connectivity index (χ0v) is 13.3. The molecule has 0 bridgehead atoms. The molecule has 1 N–H and O–H groups in total. The van der Waals surface area contributed by atoms with Gasteiger partial charge in [0.1, 0.15) is 11.7 Å². The van der Waals surface area contributed by atoms with Gasteiger partial charge in [0.25, 0.3) is 6.43 Å². The highest BCUT2D eigenvalue weighted by molar-refractivity contribution is 6.31. The van der Waals surface area contributed by atoms with Gasteiger partial charge in [0, 0.05) is 7.05 Å². The van der Waals surface area contributed by atoms with Gasteiger partial charge in [-0.3, -0.25) is 14.2 Å². The molecule has 0 saturated carbocycles. The number of carbonyl (C=O) groups is 1. The maximum atomic E-state index is 12.8.